The molecule has 0 spiro atoms. The SMILES string of the molecule is CN(C(=O)CSc1cccc(O)c1)C1CC1. The van der Waals surface area contributed by atoms with Crippen molar-refractivity contribution in [3.05, 3.63) is 24.3 Å². The van der Waals surface area contributed by atoms with E-state index in [1.54, 1.807) is 18.2 Å². The molecule has 4 heteroatoms. The zero-order valence-electron chi connectivity index (χ0n) is 9.22. The van der Waals surface area contributed by atoms with Crippen molar-refractivity contribution >= 4 is 17.7 Å². The molecule has 0 aromatic heterocycles. The number of amides is 1. The Morgan fingerprint density at radius 1 is 1.56 bits per heavy atom. The van der Waals surface area contributed by atoms with Crippen molar-refractivity contribution in [3.63, 3.8) is 0 Å². The number of aromatic hydroxyl groups is 1. The highest BCUT2D eigenvalue weighted by atomic mass is 32.2. The predicted octanol–water partition coefficient (Wildman–Crippen LogP) is 2.11. The van der Waals surface area contributed by atoms with Crippen molar-refractivity contribution in [2.75, 3.05) is 12.8 Å². The summed E-state index contributed by atoms with van der Waals surface area (Å²) in [7, 11) is 1.86. The number of phenols is 1. The van der Waals surface area contributed by atoms with Crippen LogP contribution in [0.1, 0.15) is 12.8 Å². The summed E-state index contributed by atoms with van der Waals surface area (Å²) in [5, 5.41) is 9.28. The summed E-state index contributed by atoms with van der Waals surface area (Å²) in [4.78, 5) is 14.5. The summed E-state index contributed by atoms with van der Waals surface area (Å²) in [6, 6.07) is 7.45. The molecule has 2 rings (SSSR count). The summed E-state index contributed by atoms with van der Waals surface area (Å²) in [5.41, 5.74) is 0. The minimum atomic E-state index is 0.163. The van der Waals surface area contributed by atoms with Crippen LogP contribution in [0.2, 0.25) is 0 Å². The summed E-state index contributed by atoms with van der Waals surface area (Å²) >= 11 is 1.46. The van der Waals surface area contributed by atoms with Crippen LogP contribution in [-0.2, 0) is 4.79 Å². The van der Waals surface area contributed by atoms with Crippen LogP contribution < -0.4 is 0 Å². The Morgan fingerprint density at radius 3 is 2.94 bits per heavy atom. The van der Waals surface area contributed by atoms with Crippen LogP contribution in [-0.4, -0.2) is 34.8 Å². The molecule has 1 aromatic carbocycles. The Kier molecular flexibility index (Phi) is 3.39. The van der Waals surface area contributed by atoms with Gasteiger partial charge in [0.15, 0.2) is 0 Å². The molecule has 1 saturated carbocycles. The monoisotopic (exact) mass is 237 g/mol. The third-order valence-electron chi connectivity index (χ3n) is 2.67. The summed E-state index contributed by atoms with van der Waals surface area (Å²) in [6.45, 7) is 0. The molecule has 0 saturated heterocycles. The second-order valence-electron chi connectivity index (χ2n) is 4.02. The van der Waals surface area contributed by atoms with Gasteiger partial charge in [-0.15, -0.1) is 11.8 Å². The van der Waals surface area contributed by atoms with E-state index in [2.05, 4.69) is 0 Å². The van der Waals surface area contributed by atoms with Crippen molar-refractivity contribution < 1.29 is 9.90 Å². The van der Waals surface area contributed by atoms with E-state index in [9.17, 15) is 9.90 Å². The number of hydrogen-bond donors (Lipinski definition) is 1. The Balaban J connectivity index is 1.84. The second-order valence-corrected chi connectivity index (χ2v) is 5.07. The molecule has 3 nitrogen and oxygen atoms in total. The fraction of sp³-hybridized carbons (Fsp3) is 0.417. The first-order chi connectivity index (χ1) is 7.66. The third kappa shape index (κ3) is 2.92. The number of carbonyl (C=O) groups excluding carboxylic acids is 1. The summed E-state index contributed by atoms with van der Waals surface area (Å²) < 4.78 is 0. The number of carbonyl (C=O) groups is 1. The lowest BCUT2D eigenvalue weighted by Gasteiger charge is -2.15. The molecule has 1 aromatic rings. The maximum atomic E-state index is 11.7. The van der Waals surface area contributed by atoms with Crippen LogP contribution in [0.4, 0.5) is 0 Å². The highest BCUT2D eigenvalue weighted by Crippen LogP contribution is 2.27. The van der Waals surface area contributed by atoms with Gasteiger partial charge in [0, 0.05) is 18.0 Å². The van der Waals surface area contributed by atoms with Gasteiger partial charge in [0.1, 0.15) is 5.75 Å². The Hall–Kier alpha value is -1.16. The van der Waals surface area contributed by atoms with Crippen molar-refractivity contribution in [1.82, 2.24) is 4.90 Å². The molecular formula is C12H15NO2S. The van der Waals surface area contributed by atoms with Gasteiger partial charge in [-0.25, -0.2) is 0 Å². The predicted molar refractivity (Wildman–Crippen MR) is 64.6 cm³/mol. The number of hydrogen-bond acceptors (Lipinski definition) is 3. The first-order valence-corrected chi connectivity index (χ1v) is 6.33. The molecule has 1 amide bonds. The smallest absolute Gasteiger partial charge is 0.232 e. The van der Waals surface area contributed by atoms with Gasteiger partial charge in [-0.2, -0.15) is 0 Å². The minimum Gasteiger partial charge on any atom is -0.508 e. The second kappa shape index (κ2) is 4.78. The van der Waals surface area contributed by atoms with Crippen LogP contribution >= 0.6 is 11.8 Å². The lowest BCUT2D eigenvalue weighted by Crippen LogP contribution is -2.30. The first-order valence-electron chi connectivity index (χ1n) is 5.34. The van der Waals surface area contributed by atoms with E-state index in [-0.39, 0.29) is 11.7 Å². The van der Waals surface area contributed by atoms with E-state index in [0.717, 1.165) is 17.7 Å². The van der Waals surface area contributed by atoms with Gasteiger partial charge in [0.25, 0.3) is 0 Å². The molecule has 0 bridgehead atoms. The highest BCUT2D eigenvalue weighted by Gasteiger charge is 2.29. The van der Waals surface area contributed by atoms with Gasteiger partial charge in [0.05, 0.1) is 5.75 Å². The summed E-state index contributed by atoms with van der Waals surface area (Å²) in [6.07, 6.45) is 2.28. The number of thioether (sulfide) groups is 1. The normalized spacial score (nSPS) is 14.8. The fourth-order valence-electron chi connectivity index (χ4n) is 1.49. The standard InChI is InChI=1S/C12H15NO2S/c1-13(9-5-6-9)12(15)8-16-11-4-2-3-10(14)7-11/h2-4,7,9,14H,5-6,8H2,1H3. The van der Waals surface area contributed by atoms with Crippen molar-refractivity contribution in [2.24, 2.45) is 0 Å². The van der Waals surface area contributed by atoms with E-state index in [1.807, 2.05) is 18.0 Å². The Labute approximate surface area is 99.5 Å². The van der Waals surface area contributed by atoms with E-state index >= 15 is 0 Å². The van der Waals surface area contributed by atoms with E-state index in [1.165, 1.54) is 11.8 Å². The molecule has 0 atom stereocenters. The molecule has 86 valence electrons. The lowest BCUT2D eigenvalue weighted by molar-refractivity contribution is -0.127. The molecule has 0 aliphatic heterocycles. The molecule has 0 radical (unpaired) electrons. The number of nitrogens with zero attached hydrogens (tertiary/aromatic N) is 1. The molecule has 16 heavy (non-hydrogen) atoms. The number of rotatable bonds is 4. The van der Waals surface area contributed by atoms with Crippen molar-refractivity contribution in [3.8, 4) is 5.75 Å². The lowest BCUT2D eigenvalue weighted by atomic mass is 10.3. The topological polar surface area (TPSA) is 40.5 Å². The zero-order chi connectivity index (χ0) is 11.5. The molecule has 1 aliphatic rings. The van der Waals surface area contributed by atoms with Crippen LogP contribution in [0.5, 0.6) is 5.75 Å². The molecule has 0 unspecified atom stereocenters. The fourth-order valence-corrected chi connectivity index (χ4v) is 2.36. The molecule has 1 fully saturated rings. The molecular weight excluding hydrogens is 222 g/mol. The van der Waals surface area contributed by atoms with Crippen LogP contribution in [0.15, 0.2) is 29.2 Å². The van der Waals surface area contributed by atoms with E-state index in [0.29, 0.717) is 11.8 Å². The maximum Gasteiger partial charge on any atom is 0.232 e. The minimum absolute atomic E-state index is 0.163. The van der Waals surface area contributed by atoms with Gasteiger partial charge >= 0.3 is 0 Å². The number of benzene rings is 1. The van der Waals surface area contributed by atoms with Gasteiger partial charge in [-0.3, -0.25) is 4.79 Å². The average molecular weight is 237 g/mol. The van der Waals surface area contributed by atoms with Gasteiger partial charge in [0.2, 0.25) is 5.91 Å². The van der Waals surface area contributed by atoms with Gasteiger partial charge in [-0.05, 0) is 31.0 Å². The highest BCUT2D eigenvalue weighted by molar-refractivity contribution is 8.00. The van der Waals surface area contributed by atoms with E-state index < -0.39 is 0 Å². The first kappa shape index (κ1) is 11.3. The number of phenolic OH excluding ortho intramolecular Hbond substituents is 1. The third-order valence-corrected chi connectivity index (χ3v) is 3.65. The Bertz CT molecular complexity index is 390. The van der Waals surface area contributed by atoms with Crippen LogP contribution in [0.3, 0.4) is 0 Å². The van der Waals surface area contributed by atoms with Crippen molar-refractivity contribution in [2.45, 2.75) is 23.8 Å². The van der Waals surface area contributed by atoms with Crippen molar-refractivity contribution in [1.29, 1.82) is 0 Å². The average Bonchev–Trinajstić information content (AvgIpc) is 3.09. The molecule has 0 heterocycles. The zero-order valence-corrected chi connectivity index (χ0v) is 10.0. The summed E-state index contributed by atoms with van der Waals surface area (Å²) in [5.74, 6) is 0.847. The maximum absolute atomic E-state index is 11.7. The van der Waals surface area contributed by atoms with Gasteiger partial charge < -0.3 is 10.0 Å². The molecule has 1 N–H and O–H groups in total. The molecule has 1 aliphatic carbocycles. The van der Waals surface area contributed by atoms with Gasteiger partial charge in [-0.1, -0.05) is 6.07 Å². The van der Waals surface area contributed by atoms with Crippen LogP contribution in [0.25, 0.3) is 0 Å². The quantitative estimate of drug-likeness (QED) is 0.815. The largest absolute Gasteiger partial charge is 0.508 e. The Morgan fingerprint density at radius 2 is 2.31 bits per heavy atom. The van der Waals surface area contributed by atoms with Crippen LogP contribution in [0, 0.1) is 0 Å². The van der Waals surface area contributed by atoms with E-state index in [4.69, 9.17) is 0 Å².